The van der Waals surface area contributed by atoms with Gasteiger partial charge in [0.2, 0.25) is 0 Å². The second-order valence-corrected chi connectivity index (χ2v) is 7.21. The van der Waals surface area contributed by atoms with Crippen molar-refractivity contribution in [3.63, 3.8) is 0 Å². The molecule has 0 aliphatic heterocycles. The third-order valence-electron chi connectivity index (χ3n) is 3.97. The van der Waals surface area contributed by atoms with Crippen molar-refractivity contribution >= 4 is 45.8 Å². The van der Waals surface area contributed by atoms with Crippen molar-refractivity contribution in [1.82, 2.24) is 0 Å². The molecule has 2 N–H and O–H groups in total. The molecule has 148 valence electrons. The first-order valence-corrected chi connectivity index (χ1v) is 9.46. The van der Waals surface area contributed by atoms with Crippen LogP contribution in [-0.2, 0) is 6.18 Å². The molecule has 0 heterocycles. The largest absolute Gasteiger partial charge is 0.416 e. The molecular formula is C21H14F3IN2O2. The van der Waals surface area contributed by atoms with Crippen LogP contribution in [0.5, 0.6) is 0 Å². The molecule has 0 bridgehead atoms. The number of carbonyl (C=O) groups is 2. The fourth-order valence-corrected chi connectivity index (χ4v) is 3.15. The van der Waals surface area contributed by atoms with Gasteiger partial charge in [-0.05, 0) is 77.2 Å². The van der Waals surface area contributed by atoms with E-state index in [1.54, 1.807) is 36.4 Å². The van der Waals surface area contributed by atoms with Crippen LogP contribution in [0.1, 0.15) is 26.3 Å². The second kappa shape index (κ2) is 8.64. The van der Waals surface area contributed by atoms with Crippen molar-refractivity contribution in [2.24, 2.45) is 0 Å². The number of halogens is 4. The number of carbonyl (C=O) groups excluding carboxylic acids is 2. The summed E-state index contributed by atoms with van der Waals surface area (Å²) in [4.78, 5) is 24.5. The van der Waals surface area contributed by atoms with Crippen LogP contribution in [0, 0.1) is 3.57 Å². The van der Waals surface area contributed by atoms with E-state index in [0.29, 0.717) is 16.9 Å². The highest BCUT2D eigenvalue weighted by atomic mass is 127. The van der Waals surface area contributed by atoms with Gasteiger partial charge < -0.3 is 10.6 Å². The molecule has 3 aromatic carbocycles. The van der Waals surface area contributed by atoms with Gasteiger partial charge in [-0.25, -0.2) is 0 Å². The van der Waals surface area contributed by atoms with Crippen molar-refractivity contribution in [3.05, 3.63) is 93.1 Å². The summed E-state index contributed by atoms with van der Waals surface area (Å²) in [5, 5.41) is 5.29. The van der Waals surface area contributed by atoms with E-state index < -0.39 is 17.6 Å². The Hall–Kier alpha value is -2.88. The molecule has 0 spiro atoms. The predicted octanol–water partition coefficient (Wildman–Crippen LogP) is 5.81. The van der Waals surface area contributed by atoms with Gasteiger partial charge in [0.1, 0.15) is 0 Å². The average Bonchev–Trinajstić information content (AvgIpc) is 2.69. The quantitative estimate of drug-likeness (QED) is 0.435. The number of hydrogen-bond donors (Lipinski definition) is 2. The minimum Gasteiger partial charge on any atom is -0.322 e. The van der Waals surface area contributed by atoms with Gasteiger partial charge in [0.15, 0.2) is 0 Å². The summed E-state index contributed by atoms with van der Waals surface area (Å²) >= 11 is 2.07. The number of benzene rings is 3. The lowest BCUT2D eigenvalue weighted by molar-refractivity contribution is -0.137. The molecule has 0 saturated heterocycles. The first-order valence-electron chi connectivity index (χ1n) is 8.38. The Bertz CT molecular complexity index is 1050. The fraction of sp³-hybridized carbons (Fsp3) is 0.0476. The minimum atomic E-state index is -4.52. The molecule has 0 fully saturated rings. The van der Waals surface area contributed by atoms with Crippen molar-refractivity contribution in [1.29, 1.82) is 0 Å². The maximum atomic E-state index is 12.8. The molecule has 0 saturated carbocycles. The van der Waals surface area contributed by atoms with E-state index in [1.807, 2.05) is 12.1 Å². The molecule has 0 aromatic heterocycles. The lowest BCUT2D eigenvalue weighted by Crippen LogP contribution is -2.15. The molecule has 8 heteroatoms. The lowest BCUT2D eigenvalue weighted by atomic mass is 10.1. The molecule has 4 nitrogen and oxygen atoms in total. The van der Waals surface area contributed by atoms with Crippen molar-refractivity contribution < 1.29 is 22.8 Å². The molecule has 0 aliphatic rings. The second-order valence-electron chi connectivity index (χ2n) is 6.04. The summed E-state index contributed by atoms with van der Waals surface area (Å²) in [6, 6.07) is 17.6. The van der Waals surface area contributed by atoms with Crippen molar-refractivity contribution in [2.45, 2.75) is 6.18 Å². The summed E-state index contributed by atoms with van der Waals surface area (Å²) < 4.78 is 39.2. The Morgan fingerprint density at radius 3 is 1.93 bits per heavy atom. The van der Waals surface area contributed by atoms with Gasteiger partial charge in [0.25, 0.3) is 11.8 Å². The van der Waals surface area contributed by atoms with Crippen molar-refractivity contribution in [3.8, 4) is 0 Å². The third kappa shape index (κ3) is 5.35. The molecule has 3 rings (SSSR count). The van der Waals surface area contributed by atoms with Crippen LogP contribution in [0.15, 0.2) is 72.8 Å². The summed E-state index contributed by atoms with van der Waals surface area (Å²) in [6.07, 6.45) is -4.52. The molecule has 29 heavy (non-hydrogen) atoms. The molecule has 0 radical (unpaired) electrons. The van der Waals surface area contributed by atoms with Gasteiger partial charge in [-0.15, -0.1) is 0 Å². The molecule has 0 unspecified atom stereocenters. The first kappa shape index (κ1) is 20.8. The van der Waals surface area contributed by atoms with Crippen LogP contribution < -0.4 is 10.6 Å². The number of alkyl halides is 3. The van der Waals surface area contributed by atoms with Crippen LogP contribution in [0.2, 0.25) is 0 Å². The van der Waals surface area contributed by atoms with E-state index in [4.69, 9.17) is 0 Å². The summed E-state index contributed by atoms with van der Waals surface area (Å²) in [5.41, 5.74) is 0.455. The van der Waals surface area contributed by atoms with Gasteiger partial charge >= 0.3 is 6.18 Å². The Kier molecular flexibility index (Phi) is 6.21. The standard InChI is InChI=1S/C21H14F3IN2O2/c22-21(23,24)14-5-3-4-13(12-14)19(28)26-15-8-10-16(11-9-15)27-20(29)17-6-1-2-7-18(17)25/h1-12H,(H,26,28)(H,27,29). The fourth-order valence-electron chi connectivity index (χ4n) is 2.52. The number of hydrogen-bond acceptors (Lipinski definition) is 2. The van der Waals surface area contributed by atoms with E-state index in [1.165, 1.54) is 12.1 Å². The zero-order chi connectivity index (χ0) is 21.0. The van der Waals surface area contributed by atoms with Crippen LogP contribution in [-0.4, -0.2) is 11.8 Å². The van der Waals surface area contributed by atoms with Crippen LogP contribution >= 0.6 is 22.6 Å². The van der Waals surface area contributed by atoms with E-state index in [2.05, 4.69) is 33.2 Å². The van der Waals surface area contributed by atoms with Gasteiger partial charge in [-0.2, -0.15) is 13.2 Å². The normalized spacial score (nSPS) is 11.0. The maximum Gasteiger partial charge on any atom is 0.416 e. The maximum absolute atomic E-state index is 12.8. The molecule has 0 aliphatic carbocycles. The monoisotopic (exact) mass is 510 g/mol. The topological polar surface area (TPSA) is 58.2 Å². The molecule has 0 atom stereocenters. The first-order chi connectivity index (χ1) is 13.7. The minimum absolute atomic E-state index is 0.101. The summed E-state index contributed by atoms with van der Waals surface area (Å²) in [7, 11) is 0. The number of amides is 2. The molecular weight excluding hydrogens is 496 g/mol. The SMILES string of the molecule is O=C(Nc1ccc(NC(=O)c2ccccc2I)cc1)c1cccc(C(F)(F)F)c1. The zero-order valence-electron chi connectivity index (χ0n) is 14.8. The third-order valence-corrected chi connectivity index (χ3v) is 4.91. The van der Waals surface area contributed by atoms with Gasteiger partial charge in [0.05, 0.1) is 11.1 Å². The van der Waals surface area contributed by atoms with E-state index in [-0.39, 0.29) is 11.5 Å². The predicted molar refractivity (Wildman–Crippen MR) is 113 cm³/mol. The van der Waals surface area contributed by atoms with Gasteiger partial charge in [-0.3, -0.25) is 9.59 Å². The smallest absolute Gasteiger partial charge is 0.322 e. The van der Waals surface area contributed by atoms with Crippen LogP contribution in [0.25, 0.3) is 0 Å². The molecule has 3 aromatic rings. The average molecular weight is 510 g/mol. The highest BCUT2D eigenvalue weighted by molar-refractivity contribution is 14.1. The van der Waals surface area contributed by atoms with Crippen molar-refractivity contribution in [2.75, 3.05) is 10.6 Å². The molecule has 2 amide bonds. The Morgan fingerprint density at radius 1 is 0.759 bits per heavy atom. The number of anilines is 2. The highest BCUT2D eigenvalue weighted by Crippen LogP contribution is 2.29. The number of rotatable bonds is 4. The van der Waals surface area contributed by atoms with Crippen LogP contribution in [0.3, 0.4) is 0 Å². The Balaban J connectivity index is 1.67. The summed E-state index contributed by atoms with van der Waals surface area (Å²) in [5.74, 6) is -0.928. The number of nitrogens with one attached hydrogen (secondary N) is 2. The Morgan fingerprint density at radius 2 is 1.34 bits per heavy atom. The Labute approximate surface area is 178 Å². The van der Waals surface area contributed by atoms with Crippen LogP contribution in [0.4, 0.5) is 24.5 Å². The highest BCUT2D eigenvalue weighted by Gasteiger charge is 2.30. The van der Waals surface area contributed by atoms with E-state index >= 15 is 0 Å². The zero-order valence-corrected chi connectivity index (χ0v) is 16.9. The van der Waals surface area contributed by atoms with E-state index in [9.17, 15) is 22.8 Å². The van der Waals surface area contributed by atoms with Gasteiger partial charge in [-0.1, -0.05) is 18.2 Å². The van der Waals surface area contributed by atoms with Gasteiger partial charge in [0, 0.05) is 20.5 Å². The lowest BCUT2D eigenvalue weighted by Gasteiger charge is -2.10. The summed E-state index contributed by atoms with van der Waals surface area (Å²) in [6.45, 7) is 0. The van der Waals surface area contributed by atoms with E-state index in [0.717, 1.165) is 15.7 Å².